The number of sulfone groups is 1. The summed E-state index contributed by atoms with van der Waals surface area (Å²) < 4.78 is 23.7. The van der Waals surface area contributed by atoms with Gasteiger partial charge in [0.1, 0.15) is 0 Å². The van der Waals surface area contributed by atoms with Crippen LogP contribution in [0.3, 0.4) is 0 Å². The Hall–Kier alpha value is -2.18. The van der Waals surface area contributed by atoms with Crippen molar-refractivity contribution in [1.29, 1.82) is 0 Å². The summed E-state index contributed by atoms with van der Waals surface area (Å²) in [5.41, 5.74) is 1.94. The number of rotatable bonds is 3. The number of hydrogen-bond acceptors (Lipinski definition) is 4. The van der Waals surface area contributed by atoms with Gasteiger partial charge in [0.05, 0.1) is 22.6 Å². The number of nitrogens with one attached hydrogen (secondary N) is 1. The van der Waals surface area contributed by atoms with E-state index < -0.39 is 27.9 Å². The number of hydrogen-bond donors (Lipinski definition) is 2. The molecular formula is C17H17NO4S. The number of carbonyl (C=O) groups is 1. The first-order valence-electron chi connectivity index (χ1n) is 7.24. The molecule has 5 nitrogen and oxygen atoms in total. The summed E-state index contributed by atoms with van der Waals surface area (Å²) in [6.07, 6.45) is 0.815. The van der Waals surface area contributed by atoms with E-state index in [1.807, 2.05) is 24.3 Å². The number of fused-ring (bicyclic) bond motifs is 1. The summed E-state index contributed by atoms with van der Waals surface area (Å²) in [6.45, 7) is 0. The zero-order valence-electron chi connectivity index (χ0n) is 12.6. The normalized spacial score (nSPS) is 20.1. The van der Waals surface area contributed by atoms with E-state index in [1.54, 1.807) is 12.1 Å². The zero-order valence-corrected chi connectivity index (χ0v) is 13.4. The van der Waals surface area contributed by atoms with Crippen molar-refractivity contribution in [3.8, 4) is 0 Å². The van der Waals surface area contributed by atoms with Crippen LogP contribution in [0.25, 0.3) is 0 Å². The van der Waals surface area contributed by atoms with Crippen LogP contribution in [-0.4, -0.2) is 31.8 Å². The molecule has 2 aromatic carbocycles. The second-order valence-corrected chi connectivity index (χ2v) is 7.67. The molecule has 0 radical (unpaired) electrons. The largest absolute Gasteiger partial charge is 0.390 e. The predicted octanol–water partition coefficient (Wildman–Crippen LogP) is 1.48. The van der Waals surface area contributed by atoms with Crippen LogP contribution in [0.4, 0.5) is 0 Å². The van der Waals surface area contributed by atoms with Gasteiger partial charge in [-0.25, -0.2) is 8.42 Å². The molecule has 0 fully saturated rings. The molecule has 6 heteroatoms. The summed E-state index contributed by atoms with van der Waals surface area (Å²) in [7, 11) is -3.51. The Morgan fingerprint density at radius 3 is 2.52 bits per heavy atom. The lowest BCUT2D eigenvalue weighted by atomic mass is 10.1. The number of aliphatic hydroxyl groups is 1. The summed E-state index contributed by atoms with van der Waals surface area (Å²) in [4.78, 5) is 12.5. The molecule has 23 heavy (non-hydrogen) atoms. The lowest BCUT2D eigenvalue weighted by Gasteiger charge is -2.18. The Kier molecular flexibility index (Phi) is 3.95. The molecule has 0 saturated heterocycles. The van der Waals surface area contributed by atoms with Crippen molar-refractivity contribution in [3.05, 3.63) is 65.2 Å². The van der Waals surface area contributed by atoms with E-state index in [0.717, 1.165) is 17.4 Å². The number of aliphatic hydroxyl groups excluding tert-OH is 1. The van der Waals surface area contributed by atoms with Crippen LogP contribution < -0.4 is 5.32 Å². The maximum Gasteiger partial charge on any atom is 0.253 e. The van der Waals surface area contributed by atoms with Crippen molar-refractivity contribution < 1.29 is 18.3 Å². The van der Waals surface area contributed by atoms with Crippen LogP contribution in [0.1, 0.15) is 27.5 Å². The first kappa shape index (κ1) is 15.7. The third-order valence-corrected chi connectivity index (χ3v) is 5.18. The maximum atomic E-state index is 12.5. The summed E-state index contributed by atoms with van der Waals surface area (Å²) >= 11 is 0. The van der Waals surface area contributed by atoms with Crippen molar-refractivity contribution in [3.63, 3.8) is 0 Å². The summed E-state index contributed by atoms with van der Waals surface area (Å²) in [5, 5.41) is 13.0. The molecule has 2 unspecified atom stereocenters. The molecule has 0 aliphatic heterocycles. The summed E-state index contributed by atoms with van der Waals surface area (Å²) in [5.74, 6) is -0.508. The van der Waals surface area contributed by atoms with Crippen molar-refractivity contribution in [2.24, 2.45) is 0 Å². The Morgan fingerprint density at radius 1 is 1.13 bits per heavy atom. The predicted molar refractivity (Wildman–Crippen MR) is 85.9 cm³/mol. The molecule has 120 valence electrons. The van der Waals surface area contributed by atoms with Gasteiger partial charge in [0.2, 0.25) is 0 Å². The van der Waals surface area contributed by atoms with Gasteiger partial charge in [0, 0.05) is 12.7 Å². The molecule has 0 heterocycles. The second kappa shape index (κ2) is 5.79. The minimum atomic E-state index is -3.51. The van der Waals surface area contributed by atoms with Gasteiger partial charge in [-0.15, -0.1) is 0 Å². The zero-order chi connectivity index (χ0) is 16.6. The van der Waals surface area contributed by atoms with E-state index >= 15 is 0 Å². The number of amides is 1. The van der Waals surface area contributed by atoms with Crippen LogP contribution in [0.15, 0.2) is 53.4 Å². The molecular weight excluding hydrogens is 314 g/mol. The molecule has 3 rings (SSSR count). The van der Waals surface area contributed by atoms with Gasteiger partial charge in [0.15, 0.2) is 9.84 Å². The van der Waals surface area contributed by atoms with Crippen LogP contribution in [0, 0.1) is 0 Å². The van der Waals surface area contributed by atoms with E-state index in [1.165, 1.54) is 12.1 Å². The van der Waals surface area contributed by atoms with Crippen molar-refractivity contribution in [2.75, 3.05) is 6.26 Å². The fraction of sp³-hybridized carbons (Fsp3) is 0.235. The van der Waals surface area contributed by atoms with Gasteiger partial charge in [-0.05, 0) is 23.3 Å². The Balaban J connectivity index is 1.92. The van der Waals surface area contributed by atoms with Crippen LogP contribution in [0.2, 0.25) is 0 Å². The number of benzene rings is 2. The van der Waals surface area contributed by atoms with E-state index in [0.29, 0.717) is 6.42 Å². The molecule has 0 bridgehead atoms. The van der Waals surface area contributed by atoms with E-state index in [-0.39, 0.29) is 10.5 Å². The Bertz CT molecular complexity index is 860. The lowest BCUT2D eigenvalue weighted by molar-refractivity contribution is 0.0855. The average molecular weight is 331 g/mol. The highest BCUT2D eigenvalue weighted by Gasteiger charge is 2.32. The molecule has 1 aliphatic carbocycles. The third-order valence-electron chi connectivity index (χ3n) is 4.02. The van der Waals surface area contributed by atoms with Crippen LogP contribution >= 0.6 is 0 Å². The molecule has 0 saturated carbocycles. The second-order valence-electron chi connectivity index (χ2n) is 5.69. The van der Waals surface area contributed by atoms with Gasteiger partial charge in [0.25, 0.3) is 5.91 Å². The molecule has 2 atom stereocenters. The highest BCUT2D eigenvalue weighted by molar-refractivity contribution is 7.90. The van der Waals surface area contributed by atoms with E-state index in [2.05, 4.69) is 5.32 Å². The fourth-order valence-corrected chi connectivity index (χ4v) is 3.83. The fourth-order valence-electron chi connectivity index (χ4n) is 2.94. The van der Waals surface area contributed by atoms with Crippen molar-refractivity contribution >= 4 is 15.7 Å². The molecule has 2 N–H and O–H groups in total. The first-order valence-corrected chi connectivity index (χ1v) is 9.13. The summed E-state index contributed by atoms with van der Waals surface area (Å²) in [6, 6.07) is 13.0. The third kappa shape index (κ3) is 3.00. The van der Waals surface area contributed by atoms with Crippen LogP contribution in [0.5, 0.6) is 0 Å². The molecule has 1 amide bonds. The standard InChI is InChI=1S/C17H17NO4S/c1-23(21,22)15-9-5-4-8-13(15)17(20)18-16-12-7-3-2-6-11(12)10-14(16)19/h2-9,14,16,19H,10H2,1H3,(H,18,20). The van der Waals surface area contributed by atoms with Gasteiger partial charge < -0.3 is 10.4 Å². The monoisotopic (exact) mass is 331 g/mol. The minimum Gasteiger partial charge on any atom is -0.390 e. The van der Waals surface area contributed by atoms with E-state index in [9.17, 15) is 18.3 Å². The van der Waals surface area contributed by atoms with Gasteiger partial charge in [-0.3, -0.25) is 4.79 Å². The highest BCUT2D eigenvalue weighted by Crippen LogP contribution is 2.31. The SMILES string of the molecule is CS(=O)(=O)c1ccccc1C(=O)NC1c2ccccc2CC1O. The number of carbonyl (C=O) groups excluding carboxylic acids is 1. The average Bonchev–Trinajstić information content (AvgIpc) is 2.82. The van der Waals surface area contributed by atoms with Gasteiger partial charge >= 0.3 is 0 Å². The van der Waals surface area contributed by atoms with Gasteiger partial charge in [-0.1, -0.05) is 36.4 Å². The lowest BCUT2D eigenvalue weighted by Crippen LogP contribution is -2.34. The van der Waals surface area contributed by atoms with Gasteiger partial charge in [-0.2, -0.15) is 0 Å². The Labute approximate surface area is 134 Å². The van der Waals surface area contributed by atoms with Crippen molar-refractivity contribution in [2.45, 2.75) is 23.5 Å². The van der Waals surface area contributed by atoms with Crippen molar-refractivity contribution in [1.82, 2.24) is 5.32 Å². The first-order chi connectivity index (χ1) is 10.9. The minimum absolute atomic E-state index is 0.0155. The quantitative estimate of drug-likeness (QED) is 0.892. The maximum absolute atomic E-state index is 12.5. The van der Waals surface area contributed by atoms with E-state index in [4.69, 9.17) is 0 Å². The van der Waals surface area contributed by atoms with Crippen LogP contribution in [-0.2, 0) is 16.3 Å². The molecule has 0 spiro atoms. The molecule has 0 aromatic heterocycles. The smallest absolute Gasteiger partial charge is 0.253 e. The highest BCUT2D eigenvalue weighted by atomic mass is 32.2. The molecule has 1 aliphatic rings. The topological polar surface area (TPSA) is 83.5 Å². The Morgan fingerprint density at radius 2 is 1.78 bits per heavy atom. The molecule has 2 aromatic rings.